The van der Waals surface area contributed by atoms with E-state index in [0.29, 0.717) is 12.3 Å². The normalized spacial score (nSPS) is 20.0. The molecule has 1 N–H and O–H groups in total. The second-order valence-corrected chi connectivity index (χ2v) is 5.54. The Morgan fingerprint density at radius 3 is 2.50 bits per heavy atom. The molecule has 1 aliphatic rings. The summed E-state index contributed by atoms with van der Waals surface area (Å²) in [6.45, 7) is 5.83. The molecule has 3 heteroatoms. The largest absolute Gasteiger partial charge is 0.350 e. The van der Waals surface area contributed by atoms with Gasteiger partial charge in [-0.25, -0.2) is 0 Å². The molecular formula is C11H20ClNO. The molecule has 2 nitrogen and oxygen atoms in total. The van der Waals surface area contributed by atoms with Crippen molar-refractivity contribution < 1.29 is 4.79 Å². The summed E-state index contributed by atoms with van der Waals surface area (Å²) >= 11 is 5.98. The SMILES string of the molecule is CC(Cl)C(C)(C)NC(=O)CC1CCC1. The number of nitrogens with one attached hydrogen (secondary N) is 1. The number of alkyl halides is 1. The average Bonchev–Trinajstić information content (AvgIpc) is 1.96. The maximum atomic E-state index is 11.6. The van der Waals surface area contributed by atoms with Gasteiger partial charge in [0.15, 0.2) is 0 Å². The van der Waals surface area contributed by atoms with Crippen LogP contribution in [0.3, 0.4) is 0 Å². The zero-order valence-corrected chi connectivity index (χ0v) is 10.0. The molecule has 0 aliphatic heterocycles. The monoisotopic (exact) mass is 217 g/mol. The minimum atomic E-state index is -0.303. The van der Waals surface area contributed by atoms with E-state index in [1.807, 2.05) is 20.8 Å². The highest BCUT2D eigenvalue weighted by molar-refractivity contribution is 6.21. The number of halogens is 1. The minimum Gasteiger partial charge on any atom is -0.350 e. The van der Waals surface area contributed by atoms with Crippen LogP contribution in [0.1, 0.15) is 46.5 Å². The van der Waals surface area contributed by atoms with Crippen molar-refractivity contribution in [2.75, 3.05) is 0 Å². The summed E-state index contributed by atoms with van der Waals surface area (Å²) < 4.78 is 0. The van der Waals surface area contributed by atoms with Crippen LogP contribution in [-0.4, -0.2) is 16.8 Å². The fourth-order valence-electron chi connectivity index (χ4n) is 1.47. The third-order valence-corrected chi connectivity index (χ3v) is 3.70. The van der Waals surface area contributed by atoms with Crippen LogP contribution < -0.4 is 5.32 Å². The fraction of sp³-hybridized carbons (Fsp3) is 0.909. The highest BCUT2D eigenvalue weighted by atomic mass is 35.5. The number of rotatable bonds is 4. The summed E-state index contributed by atoms with van der Waals surface area (Å²) in [4.78, 5) is 11.6. The zero-order chi connectivity index (χ0) is 10.8. The van der Waals surface area contributed by atoms with Crippen LogP contribution in [0.5, 0.6) is 0 Å². The van der Waals surface area contributed by atoms with Gasteiger partial charge in [0, 0.05) is 6.42 Å². The maximum absolute atomic E-state index is 11.6. The molecule has 0 saturated heterocycles. The quantitative estimate of drug-likeness (QED) is 0.721. The first-order valence-corrected chi connectivity index (χ1v) is 5.80. The van der Waals surface area contributed by atoms with E-state index in [2.05, 4.69) is 5.32 Å². The first-order chi connectivity index (χ1) is 6.42. The van der Waals surface area contributed by atoms with Crippen LogP contribution in [0.15, 0.2) is 0 Å². The molecule has 14 heavy (non-hydrogen) atoms. The topological polar surface area (TPSA) is 29.1 Å². The number of hydrogen-bond donors (Lipinski definition) is 1. The van der Waals surface area contributed by atoms with E-state index in [-0.39, 0.29) is 16.8 Å². The molecule has 1 fully saturated rings. The first-order valence-electron chi connectivity index (χ1n) is 5.37. The molecule has 1 aliphatic carbocycles. The van der Waals surface area contributed by atoms with Gasteiger partial charge in [0.05, 0.1) is 10.9 Å². The van der Waals surface area contributed by atoms with Crippen LogP contribution >= 0.6 is 11.6 Å². The van der Waals surface area contributed by atoms with Crippen molar-refractivity contribution in [1.29, 1.82) is 0 Å². The first kappa shape index (κ1) is 11.8. The van der Waals surface area contributed by atoms with E-state index in [9.17, 15) is 4.79 Å². The van der Waals surface area contributed by atoms with Crippen molar-refractivity contribution in [1.82, 2.24) is 5.32 Å². The minimum absolute atomic E-state index is 0.0483. The molecule has 0 aromatic heterocycles. The van der Waals surface area contributed by atoms with E-state index >= 15 is 0 Å². The second kappa shape index (κ2) is 4.52. The Morgan fingerprint density at radius 2 is 2.14 bits per heavy atom. The van der Waals surface area contributed by atoms with E-state index in [1.165, 1.54) is 19.3 Å². The summed E-state index contributed by atoms with van der Waals surface area (Å²) in [5.41, 5.74) is -0.303. The summed E-state index contributed by atoms with van der Waals surface area (Å²) in [5.74, 6) is 0.767. The highest BCUT2D eigenvalue weighted by Crippen LogP contribution is 2.29. The Kier molecular flexibility index (Phi) is 3.82. The fourth-order valence-corrected chi connectivity index (χ4v) is 1.52. The lowest BCUT2D eigenvalue weighted by atomic mass is 9.82. The summed E-state index contributed by atoms with van der Waals surface area (Å²) in [6.07, 6.45) is 4.38. The summed E-state index contributed by atoms with van der Waals surface area (Å²) in [7, 11) is 0. The van der Waals surface area contributed by atoms with Crippen molar-refractivity contribution in [3.63, 3.8) is 0 Å². The van der Waals surface area contributed by atoms with Gasteiger partial charge in [-0.2, -0.15) is 0 Å². The van der Waals surface area contributed by atoms with Crippen LogP contribution in [0, 0.1) is 5.92 Å². The molecular weight excluding hydrogens is 198 g/mol. The van der Waals surface area contributed by atoms with Gasteiger partial charge in [0.1, 0.15) is 0 Å². The maximum Gasteiger partial charge on any atom is 0.220 e. The van der Waals surface area contributed by atoms with E-state index in [4.69, 9.17) is 11.6 Å². The lowest BCUT2D eigenvalue weighted by Crippen LogP contribution is -2.49. The summed E-state index contributed by atoms with van der Waals surface area (Å²) in [6, 6.07) is 0. The predicted molar refractivity (Wildman–Crippen MR) is 59.5 cm³/mol. The smallest absolute Gasteiger partial charge is 0.220 e. The molecule has 82 valence electrons. The van der Waals surface area contributed by atoms with Gasteiger partial charge < -0.3 is 5.32 Å². The number of carbonyl (C=O) groups is 1. The third-order valence-electron chi connectivity index (χ3n) is 3.15. The standard InChI is InChI=1S/C11H20ClNO/c1-8(12)11(2,3)13-10(14)7-9-5-4-6-9/h8-9H,4-7H2,1-3H3,(H,13,14). The molecule has 0 aromatic rings. The van der Waals surface area contributed by atoms with E-state index in [0.717, 1.165) is 0 Å². The number of amides is 1. The number of carbonyl (C=O) groups excluding carboxylic acids is 1. The molecule has 0 radical (unpaired) electrons. The Labute approximate surface area is 91.4 Å². The van der Waals surface area contributed by atoms with Crippen molar-refractivity contribution in [2.45, 2.75) is 57.4 Å². The van der Waals surface area contributed by atoms with Crippen LogP contribution in [0.2, 0.25) is 0 Å². The van der Waals surface area contributed by atoms with Crippen LogP contribution in [-0.2, 0) is 4.79 Å². The molecule has 1 rings (SSSR count). The molecule has 1 amide bonds. The summed E-state index contributed by atoms with van der Waals surface area (Å²) in [5, 5.41) is 2.94. The van der Waals surface area contributed by atoms with Crippen LogP contribution in [0.4, 0.5) is 0 Å². The lowest BCUT2D eigenvalue weighted by Gasteiger charge is -2.31. The highest BCUT2D eigenvalue weighted by Gasteiger charge is 2.28. The van der Waals surface area contributed by atoms with E-state index in [1.54, 1.807) is 0 Å². The van der Waals surface area contributed by atoms with Crippen LogP contribution in [0.25, 0.3) is 0 Å². The van der Waals surface area contributed by atoms with Crippen molar-refractivity contribution in [3.8, 4) is 0 Å². The van der Waals surface area contributed by atoms with Crippen molar-refractivity contribution in [3.05, 3.63) is 0 Å². The van der Waals surface area contributed by atoms with E-state index < -0.39 is 0 Å². The van der Waals surface area contributed by atoms with Gasteiger partial charge in [0.2, 0.25) is 5.91 Å². The molecule has 0 heterocycles. The van der Waals surface area contributed by atoms with Gasteiger partial charge in [-0.3, -0.25) is 4.79 Å². The van der Waals surface area contributed by atoms with Crippen molar-refractivity contribution in [2.24, 2.45) is 5.92 Å². The Bertz CT molecular complexity index is 209. The Hall–Kier alpha value is -0.240. The Morgan fingerprint density at radius 1 is 1.57 bits per heavy atom. The van der Waals surface area contributed by atoms with Gasteiger partial charge in [-0.05, 0) is 39.5 Å². The second-order valence-electron chi connectivity index (χ2n) is 4.89. The zero-order valence-electron chi connectivity index (χ0n) is 9.27. The van der Waals surface area contributed by atoms with Gasteiger partial charge in [-0.15, -0.1) is 11.6 Å². The molecule has 0 spiro atoms. The van der Waals surface area contributed by atoms with Gasteiger partial charge >= 0.3 is 0 Å². The van der Waals surface area contributed by atoms with Gasteiger partial charge in [0.25, 0.3) is 0 Å². The predicted octanol–water partition coefficient (Wildman–Crippen LogP) is 2.70. The average molecular weight is 218 g/mol. The molecule has 0 aromatic carbocycles. The molecule has 1 atom stereocenters. The third kappa shape index (κ3) is 3.16. The van der Waals surface area contributed by atoms with Gasteiger partial charge in [-0.1, -0.05) is 6.42 Å². The molecule has 1 saturated carbocycles. The molecule has 0 bridgehead atoms. The Balaban J connectivity index is 2.31. The molecule has 1 unspecified atom stereocenters. The lowest BCUT2D eigenvalue weighted by molar-refractivity contribution is -0.124. The number of hydrogen-bond acceptors (Lipinski definition) is 1. The van der Waals surface area contributed by atoms with Crippen molar-refractivity contribution >= 4 is 17.5 Å².